The molecule has 8 nitrogen and oxygen atoms in total. The number of rotatable bonds is 11. The predicted octanol–water partition coefficient (Wildman–Crippen LogP) is 5.66. The monoisotopic (exact) mass is 538 g/mol. The first-order valence-corrected chi connectivity index (χ1v) is 13.5. The van der Waals surface area contributed by atoms with E-state index in [-0.39, 0.29) is 12.1 Å². The van der Waals surface area contributed by atoms with E-state index in [4.69, 9.17) is 14.6 Å². The van der Waals surface area contributed by atoms with Crippen molar-refractivity contribution in [1.29, 1.82) is 5.26 Å². The Morgan fingerprint density at radius 2 is 1.80 bits per heavy atom. The summed E-state index contributed by atoms with van der Waals surface area (Å²) in [7, 11) is 0. The van der Waals surface area contributed by atoms with Gasteiger partial charge in [0.25, 0.3) is 11.8 Å². The van der Waals surface area contributed by atoms with Gasteiger partial charge in [0.05, 0.1) is 18.0 Å². The summed E-state index contributed by atoms with van der Waals surface area (Å²) < 4.78 is 13.0. The molecule has 0 saturated carbocycles. The molecular weight excluding hydrogens is 504 g/mol. The van der Waals surface area contributed by atoms with Gasteiger partial charge in [-0.1, -0.05) is 25.1 Å². The van der Waals surface area contributed by atoms with Crippen LogP contribution >= 0.6 is 0 Å². The van der Waals surface area contributed by atoms with Crippen LogP contribution in [0.3, 0.4) is 0 Å². The Morgan fingerprint density at radius 1 is 1.02 bits per heavy atom. The maximum atomic E-state index is 13.6. The largest absolute Gasteiger partial charge is 0.493 e. The van der Waals surface area contributed by atoms with E-state index in [9.17, 15) is 14.9 Å². The molecule has 2 aromatic carbocycles. The number of para-hydroxylation sites is 1. The van der Waals surface area contributed by atoms with Gasteiger partial charge in [-0.2, -0.15) is 10.4 Å². The summed E-state index contributed by atoms with van der Waals surface area (Å²) in [6.45, 7) is 9.35. The molecule has 206 valence electrons. The molecule has 0 saturated heterocycles. The first-order chi connectivity index (χ1) is 19.4. The first kappa shape index (κ1) is 28.5. The van der Waals surface area contributed by atoms with E-state index >= 15 is 0 Å². The highest BCUT2D eigenvalue weighted by Gasteiger charge is 2.35. The van der Waals surface area contributed by atoms with Gasteiger partial charge in [0, 0.05) is 42.7 Å². The minimum absolute atomic E-state index is 0.0347. The zero-order valence-electron chi connectivity index (χ0n) is 23.4. The lowest BCUT2D eigenvalue weighted by Crippen LogP contribution is -2.43. The Morgan fingerprint density at radius 3 is 2.48 bits per heavy atom. The topological polar surface area (TPSA) is 97.4 Å². The van der Waals surface area contributed by atoms with Gasteiger partial charge in [-0.3, -0.25) is 14.5 Å². The van der Waals surface area contributed by atoms with Crippen molar-refractivity contribution in [2.45, 2.75) is 40.5 Å². The molecule has 0 unspecified atom stereocenters. The quantitative estimate of drug-likeness (QED) is 0.178. The number of hydrogen-bond acceptors (Lipinski definition) is 6. The van der Waals surface area contributed by atoms with E-state index in [2.05, 4.69) is 6.92 Å². The van der Waals surface area contributed by atoms with Crippen molar-refractivity contribution in [2.75, 3.05) is 26.4 Å². The molecule has 40 heavy (non-hydrogen) atoms. The number of nitrogens with zero attached hydrogens (tertiary/aromatic N) is 4. The molecule has 0 aliphatic carbocycles. The maximum Gasteiger partial charge on any atom is 0.271 e. The summed E-state index contributed by atoms with van der Waals surface area (Å²) in [5.41, 5.74) is 4.67. The molecule has 1 aliphatic heterocycles. The van der Waals surface area contributed by atoms with Crippen LogP contribution in [-0.4, -0.2) is 52.9 Å². The summed E-state index contributed by atoms with van der Waals surface area (Å²) >= 11 is 0. The van der Waals surface area contributed by atoms with Gasteiger partial charge < -0.3 is 9.47 Å². The van der Waals surface area contributed by atoms with Crippen LogP contribution in [0.4, 0.5) is 0 Å². The molecule has 0 atom stereocenters. The minimum Gasteiger partial charge on any atom is -0.493 e. The van der Waals surface area contributed by atoms with E-state index in [0.717, 1.165) is 33.9 Å². The molecule has 0 N–H and O–H groups in total. The molecule has 2 heterocycles. The van der Waals surface area contributed by atoms with Crippen molar-refractivity contribution >= 4 is 17.9 Å². The second-order valence-electron chi connectivity index (χ2n) is 9.52. The molecular formula is C32H34N4O4. The van der Waals surface area contributed by atoms with E-state index < -0.39 is 11.8 Å². The molecule has 0 spiro atoms. The van der Waals surface area contributed by atoms with Gasteiger partial charge in [-0.05, 0) is 81.2 Å². The van der Waals surface area contributed by atoms with Crippen LogP contribution in [0, 0.1) is 18.3 Å². The molecule has 0 radical (unpaired) electrons. The Labute approximate surface area is 235 Å². The van der Waals surface area contributed by atoms with Crippen molar-refractivity contribution in [3.63, 3.8) is 0 Å². The number of carbonyl (C=O) groups is 2. The lowest BCUT2D eigenvalue weighted by atomic mass is 9.93. The number of hydrogen-bond donors (Lipinski definition) is 0. The van der Waals surface area contributed by atoms with Gasteiger partial charge in [-0.25, -0.2) is 4.68 Å². The third kappa shape index (κ3) is 6.05. The fraction of sp³-hybridized carbons (Fsp3) is 0.312. The molecule has 0 bridgehead atoms. The lowest BCUT2D eigenvalue weighted by molar-refractivity contribution is -0.140. The maximum absolute atomic E-state index is 13.6. The lowest BCUT2D eigenvalue weighted by Gasteiger charge is -2.27. The van der Waals surface area contributed by atoms with Gasteiger partial charge in [0.2, 0.25) is 0 Å². The number of benzene rings is 2. The standard InChI is InChI=1S/C32H34N4O4/c1-5-16-40-29-14-13-24(18-22(29)3)30-25(21-36(34-30)26-11-8-7-9-12-26)19-27-23(4)28(20-33)32(38)35(31(27)37)15-10-17-39-6-2/h7-9,11-14,18-19,21H,5-6,10,15-17H2,1-4H3/b27-19+. The van der Waals surface area contributed by atoms with Crippen LogP contribution in [-0.2, 0) is 14.3 Å². The summed E-state index contributed by atoms with van der Waals surface area (Å²) in [5.74, 6) is -0.192. The molecule has 4 rings (SSSR count). The summed E-state index contributed by atoms with van der Waals surface area (Å²) in [6, 6.07) is 17.6. The van der Waals surface area contributed by atoms with Crippen molar-refractivity contribution in [3.8, 4) is 28.8 Å². The highest BCUT2D eigenvalue weighted by molar-refractivity contribution is 6.19. The Hall–Kier alpha value is -4.48. The molecule has 2 amide bonds. The van der Waals surface area contributed by atoms with Gasteiger partial charge in [0.15, 0.2) is 0 Å². The van der Waals surface area contributed by atoms with E-state index in [1.807, 2.05) is 74.6 Å². The number of amides is 2. The predicted molar refractivity (Wildman–Crippen MR) is 154 cm³/mol. The third-order valence-corrected chi connectivity index (χ3v) is 6.67. The van der Waals surface area contributed by atoms with E-state index in [1.54, 1.807) is 17.7 Å². The Bertz CT molecular complexity index is 1490. The molecule has 8 heteroatoms. The van der Waals surface area contributed by atoms with Crippen LogP contribution in [0.5, 0.6) is 5.75 Å². The number of nitriles is 1. The van der Waals surface area contributed by atoms with Crippen molar-refractivity contribution in [2.24, 2.45) is 0 Å². The van der Waals surface area contributed by atoms with Crippen LogP contribution in [0.2, 0.25) is 0 Å². The minimum atomic E-state index is -0.572. The second-order valence-corrected chi connectivity index (χ2v) is 9.52. The highest BCUT2D eigenvalue weighted by Crippen LogP contribution is 2.33. The Kier molecular flexibility index (Phi) is 9.31. The fourth-order valence-electron chi connectivity index (χ4n) is 4.56. The van der Waals surface area contributed by atoms with Crippen LogP contribution in [0.15, 0.2) is 71.4 Å². The summed E-state index contributed by atoms with van der Waals surface area (Å²) in [5, 5.41) is 14.7. The molecule has 1 aliphatic rings. The van der Waals surface area contributed by atoms with Crippen molar-refractivity contribution in [1.82, 2.24) is 14.7 Å². The zero-order valence-corrected chi connectivity index (χ0v) is 23.4. The average Bonchev–Trinajstić information content (AvgIpc) is 3.39. The highest BCUT2D eigenvalue weighted by atomic mass is 16.5. The SMILES string of the molecule is CCCOc1ccc(-c2nn(-c3ccccc3)cc2/C=C2/C(=O)N(CCCOCC)C(=O)C(C#N)=C2C)cc1C. The Balaban J connectivity index is 1.82. The van der Waals surface area contributed by atoms with Gasteiger partial charge >= 0.3 is 0 Å². The van der Waals surface area contributed by atoms with Crippen LogP contribution in [0.25, 0.3) is 23.0 Å². The van der Waals surface area contributed by atoms with E-state index in [0.29, 0.717) is 48.6 Å². The van der Waals surface area contributed by atoms with Crippen LogP contribution in [0.1, 0.15) is 44.7 Å². The average molecular weight is 539 g/mol. The number of ether oxygens (including phenoxy) is 2. The van der Waals surface area contributed by atoms with Crippen molar-refractivity contribution < 1.29 is 19.1 Å². The molecule has 1 aromatic heterocycles. The van der Waals surface area contributed by atoms with Gasteiger partial charge in [0.1, 0.15) is 17.4 Å². The first-order valence-electron chi connectivity index (χ1n) is 13.5. The fourth-order valence-corrected chi connectivity index (χ4v) is 4.56. The zero-order chi connectivity index (χ0) is 28.6. The number of aryl methyl sites for hydroxylation is 1. The second kappa shape index (κ2) is 13.0. The number of carbonyl (C=O) groups excluding carboxylic acids is 2. The van der Waals surface area contributed by atoms with Crippen molar-refractivity contribution in [3.05, 3.63) is 82.6 Å². The van der Waals surface area contributed by atoms with Gasteiger partial charge in [-0.15, -0.1) is 0 Å². The molecule has 0 fully saturated rings. The summed E-state index contributed by atoms with van der Waals surface area (Å²) in [6.07, 6.45) is 4.99. The van der Waals surface area contributed by atoms with Crippen LogP contribution < -0.4 is 4.74 Å². The smallest absolute Gasteiger partial charge is 0.271 e. The molecule has 3 aromatic rings. The van der Waals surface area contributed by atoms with E-state index in [1.165, 1.54) is 0 Å². The summed E-state index contributed by atoms with van der Waals surface area (Å²) in [4.78, 5) is 27.7. The normalized spacial score (nSPS) is 14.7. The third-order valence-electron chi connectivity index (χ3n) is 6.67. The number of imide groups is 1. The number of aromatic nitrogens is 2.